The predicted octanol–water partition coefficient (Wildman–Crippen LogP) is 3.61. The quantitative estimate of drug-likeness (QED) is 0.354. The van der Waals surface area contributed by atoms with Crippen molar-refractivity contribution in [3.63, 3.8) is 0 Å². The van der Waals surface area contributed by atoms with Crippen LogP contribution >= 0.6 is 22.6 Å². The van der Waals surface area contributed by atoms with Gasteiger partial charge in [0.1, 0.15) is 5.75 Å². The lowest BCUT2D eigenvalue weighted by Crippen LogP contribution is -2.28. The van der Waals surface area contributed by atoms with Crippen LogP contribution in [0.15, 0.2) is 69.9 Å². The van der Waals surface area contributed by atoms with E-state index in [0.29, 0.717) is 12.3 Å². The van der Waals surface area contributed by atoms with Crippen LogP contribution in [0.4, 0.5) is 0 Å². The van der Waals surface area contributed by atoms with Crippen LogP contribution in [0, 0.1) is 5.92 Å². The van der Waals surface area contributed by atoms with Gasteiger partial charge in [-0.15, -0.1) is 0 Å². The van der Waals surface area contributed by atoms with E-state index in [4.69, 9.17) is 9.47 Å². The van der Waals surface area contributed by atoms with Gasteiger partial charge in [-0.2, -0.15) is 4.68 Å². The van der Waals surface area contributed by atoms with E-state index in [1.54, 1.807) is 31.4 Å². The summed E-state index contributed by atoms with van der Waals surface area (Å²) in [5, 5.41) is 11.0. The van der Waals surface area contributed by atoms with E-state index in [1.807, 2.05) is 47.4 Å². The van der Waals surface area contributed by atoms with Gasteiger partial charge >= 0.3 is 0 Å². The summed E-state index contributed by atoms with van der Waals surface area (Å²) in [6, 6.07) is 16.5. The fraction of sp³-hybridized carbons (Fsp3) is 0.286. The fourth-order valence-corrected chi connectivity index (χ4v) is 5.02. The molecule has 0 N–H and O–H groups in total. The van der Waals surface area contributed by atoms with Crippen molar-refractivity contribution in [2.24, 2.45) is 5.92 Å². The summed E-state index contributed by atoms with van der Waals surface area (Å²) in [7, 11) is -2.14. The number of methoxy groups -OCH3 is 1. The minimum absolute atomic E-state index is 0.158. The molecule has 3 rings (SSSR count). The Balaban J connectivity index is 1.72. The molecule has 2 aromatic carbocycles. The molecule has 0 aliphatic heterocycles. The van der Waals surface area contributed by atoms with E-state index in [2.05, 4.69) is 38.1 Å². The Bertz CT molecular complexity index is 1100. The topological polar surface area (TPSA) is 96.2 Å². The number of para-hydroxylation sites is 1. The van der Waals surface area contributed by atoms with Crippen molar-refractivity contribution < 1.29 is 17.9 Å². The van der Waals surface area contributed by atoms with E-state index in [1.165, 1.54) is 4.68 Å². The number of rotatable bonds is 10. The average molecular weight is 554 g/mol. The number of benzene rings is 2. The third-order valence-electron chi connectivity index (χ3n) is 4.63. The molecule has 164 valence electrons. The van der Waals surface area contributed by atoms with Crippen LogP contribution in [0.25, 0.3) is 5.69 Å². The van der Waals surface area contributed by atoms with Crippen molar-refractivity contribution in [3.8, 4) is 11.4 Å². The molecule has 1 aromatic heterocycles. The summed E-state index contributed by atoms with van der Waals surface area (Å²) >= 11 is 2.10. The molecule has 3 aromatic rings. The molecular formula is C21H23IN4O4S. The normalized spacial score (nSPS) is 13.9. The van der Waals surface area contributed by atoms with E-state index in [9.17, 15) is 8.42 Å². The van der Waals surface area contributed by atoms with Gasteiger partial charge < -0.3 is 9.47 Å². The van der Waals surface area contributed by atoms with Gasteiger partial charge in [-0.3, -0.25) is 0 Å². The molecule has 0 radical (unpaired) electrons. The number of nitrogens with zero attached hydrogens (tertiary/aromatic N) is 4. The van der Waals surface area contributed by atoms with Crippen molar-refractivity contribution in [2.45, 2.75) is 24.8 Å². The van der Waals surface area contributed by atoms with Crippen LogP contribution in [-0.4, -0.2) is 47.6 Å². The van der Waals surface area contributed by atoms with Gasteiger partial charge in [0.15, 0.2) is 0 Å². The highest BCUT2D eigenvalue weighted by atomic mass is 127. The number of hydrogen-bond donors (Lipinski definition) is 0. The molecule has 0 bridgehead atoms. The zero-order valence-corrected chi connectivity index (χ0v) is 20.1. The molecule has 0 saturated heterocycles. The standard InChI is InChI=1S/C21H23IN4O4S/c1-16(20(12-13-22)30-14-17-8-10-19(29-2)11-9-17)15-31(27,28)21-23-24-25-26(21)18-6-4-3-5-7-18/h3-13,16,20H,14-15H2,1-2H3/b13-12+/t16-,20-/m0/s1. The molecule has 0 unspecified atom stereocenters. The summed E-state index contributed by atoms with van der Waals surface area (Å²) in [6.07, 6.45) is 1.46. The van der Waals surface area contributed by atoms with E-state index < -0.39 is 15.9 Å². The van der Waals surface area contributed by atoms with Gasteiger partial charge in [0.05, 0.1) is 31.3 Å². The number of aromatic nitrogens is 4. The maximum absolute atomic E-state index is 13.1. The Hall–Kier alpha value is -2.31. The second kappa shape index (κ2) is 10.8. The number of hydrogen-bond acceptors (Lipinski definition) is 7. The van der Waals surface area contributed by atoms with Crippen molar-refractivity contribution in [1.82, 2.24) is 20.2 Å². The first-order valence-corrected chi connectivity index (χ1v) is 12.4. The Labute approximate surface area is 195 Å². The molecular weight excluding hydrogens is 531 g/mol. The van der Waals surface area contributed by atoms with Crippen molar-refractivity contribution in [1.29, 1.82) is 0 Å². The smallest absolute Gasteiger partial charge is 0.272 e. The lowest BCUT2D eigenvalue weighted by atomic mass is 10.1. The summed E-state index contributed by atoms with van der Waals surface area (Å²) in [5.41, 5.74) is 1.55. The highest BCUT2D eigenvalue weighted by Gasteiger charge is 2.29. The van der Waals surface area contributed by atoms with E-state index in [0.717, 1.165) is 11.3 Å². The minimum Gasteiger partial charge on any atom is -0.497 e. The van der Waals surface area contributed by atoms with Crippen molar-refractivity contribution in [3.05, 3.63) is 70.3 Å². The van der Waals surface area contributed by atoms with Crippen molar-refractivity contribution in [2.75, 3.05) is 12.9 Å². The van der Waals surface area contributed by atoms with Gasteiger partial charge in [0.25, 0.3) is 5.16 Å². The Morgan fingerprint density at radius 1 is 1.13 bits per heavy atom. The van der Waals surface area contributed by atoms with Gasteiger partial charge in [-0.05, 0) is 50.4 Å². The largest absolute Gasteiger partial charge is 0.497 e. The first kappa shape index (κ1) is 23.4. The zero-order valence-electron chi connectivity index (χ0n) is 17.1. The Morgan fingerprint density at radius 3 is 2.48 bits per heavy atom. The highest BCUT2D eigenvalue weighted by Crippen LogP contribution is 2.21. The Morgan fingerprint density at radius 2 is 1.84 bits per heavy atom. The molecule has 0 aliphatic carbocycles. The van der Waals surface area contributed by atoms with Crippen LogP contribution in [0.2, 0.25) is 0 Å². The molecule has 0 aliphatic rings. The van der Waals surface area contributed by atoms with Crippen LogP contribution < -0.4 is 4.74 Å². The van der Waals surface area contributed by atoms with Gasteiger partial charge in [0, 0.05) is 5.92 Å². The number of sulfone groups is 1. The first-order chi connectivity index (χ1) is 14.9. The molecule has 0 saturated carbocycles. The van der Waals surface area contributed by atoms with Crippen molar-refractivity contribution >= 4 is 32.4 Å². The fourth-order valence-electron chi connectivity index (χ4n) is 3.01. The second-order valence-corrected chi connectivity index (χ2v) is 9.56. The van der Waals surface area contributed by atoms with E-state index >= 15 is 0 Å². The molecule has 0 amide bonds. The Kier molecular flexibility index (Phi) is 8.15. The maximum Gasteiger partial charge on any atom is 0.272 e. The molecule has 0 spiro atoms. The van der Waals surface area contributed by atoms with E-state index in [-0.39, 0.29) is 16.8 Å². The van der Waals surface area contributed by atoms with Gasteiger partial charge in [-0.1, -0.05) is 64.9 Å². The van der Waals surface area contributed by atoms with Crippen LogP contribution in [0.3, 0.4) is 0 Å². The van der Waals surface area contributed by atoms with Gasteiger partial charge in [-0.25, -0.2) is 8.42 Å². The summed E-state index contributed by atoms with van der Waals surface area (Å²) in [6.45, 7) is 2.19. The SMILES string of the molecule is COc1ccc(CO[C@@H](/C=C/I)[C@@H](C)CS(=O)(=O)c2nnnn2-c2ccccc2)cc1. The lowest BCUT2D eigenvalue weighted by molar-refractivity contribution is 0.0438. The summed E-state index contributed by atoms with van der Waals surface area (Å²) in [5.74, 6) is 0.285. The van der Waals surface area contributed by atoms with Gasteiger partial charge in [0.2, 0.25) is 9.84 Å². The average Bonchev–Trinajstić information content (AvgIpc) is 3.28. The van der Waals surface area contributed by atoms with Crippen LogP contribution in [0.1, 0.15) is 12.5 Å². The second-order valence-electron chi connectivity index (χ2n) is 6.91. The maximum atomic E-state index is 13.1. The molecule has 2 atom stereocenters. The zero-order chi connectivity index (χ0) is 22.3. The third kappa shape index (κ3) is 6.11. The first-order valence-electron chi connectivity index (χ1n) is 9.52. The molecule has 31 heavy (non-hydrogen) atoms. The lowest BCUT2D eigenvalue weighted by Gasteiger charge is -2.21. The molecule has 10 heteroatoms. The highest BCUT2D eigenvalue weighted by molar-refractivity contribution is 14.1. The third-order valence-corrected chi connectivity index (χ3v) is 6.82. The number of tetrazole rings is 1. The summed E-state index contributed by atoms with van der Waals surface area (Å²) < 4.78 is 40.4. The molecule has 0 fully saturated rings. The number of ether oxygens (including phenoxy) is 2. The number of halogens is 1. The van der Waals surface area contributed by atoms with Crippen LogP contribution in [0.5, 0.6) is 5.75 Å². The molecule has 8 nitrogen and oxygen atoms in total. The summed E-state index contributed by atoms with van der Waals surface area (Å²) in [4.78, 5) is 0. The predicted molar refractivity (Wildman–Crippen MR) is 125 cm³/mol. The minimum atomic E-state index is -3.76. The molecule has 1 heterocycles. The van der Waals surface area contributed by atoms with Crippen LogP contribution in [-0.2, 0) is 21.2 Å². The monoisotopic (exact) mass is 554 g/mol.